The molecule has 0 spiro atoms. The molecule has 0 bridgehead atoms. The van der Waals surface area contributed by atoms with Gasteiger partial charge in [-0.25, -0.2) is 0 Å². The highest BCUT2D eigenvalue weighted by molar-refractivity contribution is 6.15. The summed E-state index contributed by atoms with van der Waals surface area (Å²) in [5.41, 5.74) is 6.86. The second-order valence-electron chi connectivity index (χ2n) is 6.21. The molecule has 2 aliphatic rings. The first kappa shape index (κ1) is 13.7. The maximum absolute atomic E-state index is 4.97. The SMILES string of the molecule is CCNCCN=C1c2ccccc2C2CC2c2ccccc21. The second kappa shape index (κ2) is 5.69. The van der Waals surface area contributed by atoms with Gasteiger partial charge in [0.1, 0.15) is 0 Å². The minimum Gasteiger partial charge on any atom is -0.315 e. The van der Waals surface area contributed by atoms with Crippen molar-refractivity contribution in [2.24, 2.45) is 4.99 Å². The lowest BCUT2D eigenvalue weighted by Crippen LogP contribution is -2.18. The summed E-state index contributed by atoms with van der Waals surface area (Å²) in [6.07, 6.45) is 1.29. The zero-order valence-corrected chi connectivity index (χ0v) is 13.0. The summed E-state index contributed by atoms with van der Waals surface area (Å²) < 4.78 is 0. The van der Waals surface area contributed by atoms with E-state index in [0.29, 0.717) is 11.8 Å². The molecule has 2 nitrogen and oxygen atoms in total. The third kappa shape index (κ3) is 2.28. The Morgan fingerprint density at radius 2 is 1.55 bits per heavy atom. The maximum atomic E-state index is 4.97. The normalized spacial score (nSPS) is 21.4. The fourth-order valence-corrected chi connectivity index (χ4v) is 3.69. The number of aliphatic imine (C=N–C) groups is 1. The van der Waals surface area contributed by atoms with Crippen molar-refractivity contribution in [3.63, 3.8) is 0 Å². The van der Waals surface area contributed by atoms with Crippen LogP contribution < -0.4 is 5.32 Å². The third-order valence-electron chi connectivity index (χ3n) is 4.83. The van der Waals surface area contributed by atoms with Crippen LogP contribution in [0, 0.1) is 0 Å². The van der Waals surface area contributed by atoms with Gasteiger partial charge < -0.3 is 5.32 Å². The predicted molar refractivity (Wildman–Crippen MR) is 92.0 cm³/mol. The van der Waals surface area contributed by atoms with Gasteiger partial charge in [0.2, 0.25) is 0 Å². The molecule has 0 saturated heterocycles. The van der Waals surface area contributed by atoms with E-state index in [4.69, 9.17) is 4.99 Å². The summed E-state index contributed by atoms with van der Waals surface area (Å²) in [5, 5.41) is 3.36. The quantitative estimate of drug-likeness (QED) is 0.853. The van der Waals surface area contributed by atoms with Crippen molar-refractivity contribution in [1.29, 1.82) is 0 Å². The van der Waals surface area contributed by atoms with Crippen LogP contribution in [0.15, 0.2) is 53.5 Å². The Hall–Kier alpha value is -1.93. The third-order valence-corrected chi connectivity index (χ3v) is 4.83. The van der Waals surface area contributed by atoms with E-state index < -0.39 is 0 Å². The molecule has 0 aliphatic heterocycles. The number of hydrogen-bond acceptors (Lipinski definition) is 2. The maximum Gasteiger partial charge on any atom is 0.0725 e. The zero-order chi connectivity index (χ0) is 14.9. The summed E-state index contributed by atoms with van der Waals surface area (Å²) in [6, 6.07) is 17.7. The van der Waals surface area contributed by atoms with Gasteiger partial charge in [0.15, 0.2) is 0 Å². The number of nitrogens with zero attached hydrogens (tertiary/aromatic N) is 1. The average Bonchev–Trinajstić information content (AvgIpc) is 3.36. The van der Waals surface area contributed by atoms with Gasteiger partial charge in [-0.05, 0) is 35.9 Å². The molecule has 22 heavy (non-hydrogen) atoms. The minimum absolute atomic E-state index is 0.693. The summed E-state index contributed by atoms with van der Waals surface area (Å²) in [5.74, 6) is 1.39. The Morgan fingerprint density at radius 3 is 2.14 bits per heavy atom. The molecule has 2 unspecified atom stereocenters. The lowest BCUT2D eigenvalue weighted by atomic mass is 9.95. The van der Waals surface area contributed by atoms with E-state index in [-0.39, 0.29) is 0 Å². The Bertz CT molecular complexity index is 664. The minimum atomic E-state index is 0.693. The van der Waals surface area contributed by atoms with E-state index >= 15 is 0 Å². The Morgan fingerprint density at radius 1 is 0.955 bits per heavy atom. The highest BCUT2D eigenvalue weighted by atomic mass is 14.9. The van der Waals surface area contributed by atoms with Crippen molar-refractivity contribution in [3.05, 3.63) is 70.8 Å². The van der Waals surface area contributed by atoms with E-state index in [1.54, 1.807) is 0 Å². The van der Waals surface area contributed by atoms with Crippen LogP contribution in [0.5, 0.6) is 0 Å². The van der Waals surface area contributed by atoms with Crippen LogP contribution in [0.25, 0.3) is 0 Å². The fraction of sp³-hybridized carbons (Fsp3) is 0.350. The van der Waals surface area contributed by atoms with Crippen LogP contribution in [-0.2, 0) is 0 Å². The van der Waals surface area contributed by atoms with Crippen LogP contribution >= 0.6 is 0 Å². The molecule has 0 amide bonds. The van der Waals surface area contributed by atoms with E-state index in [9.17, 15) is 0 Å². The lowest BCUT2D eigenvalue weighted by molar-refractivity contribution is 0.726. The van der Waals surface area contributed by atoms with Crippen LogP contribution in [0.3, 0.4) is 0 Å². The van der Waals surface area contributed by atoms with Gasteiger partial charge >= 0.3 is 0 Å². The molecular formula is C20H22N2. The van der Waals surface area contributed by atoms with Crippen LogP contribution in [-0.4, -0.2) is 25.3 Å². The molecule has 1 fully saturated rings. The number of fused-ring (bicyclic) bond motifs is 5. The molecule has 2 aromatic carbocycles. The molecule has 1 saturated carbocycles. The topological polar surface area (TPSA) is 24.4 Å². The van der Waals surface area contributed by atoms with E-state index in [0.717, 1.165) is 19.6 Å². The first-order valence-electron chi connectivity index (χ1n) is 8.34. The summed E-state index contributed by atoms with van der Waals surface area (Å²) in [7, 11) is 0. The average molecular weight is 290 g/mol. The molecule has 0 heterocycles. The highest BCUT2D eigenvalue weighted by Gasteiger charge is 2.44. The molecule has 1 N–H and O–H groups in total. The second-order valence-corrected chi connectivity index (χ2v) is 6.21. The molecule has 0 aromatic heterocycles. The number of rotatable bonds is 4. The van der Waals surface area contributed by atoms with Crippen molar-refractivity contribution in [2.45, 2.75) is 25.2 Å². The summed E-state index contributed by atoms with van der Waals surface area (Å²) in [4.78, 5) is 4.97. The fourth-order valence-electron chi connectivity index (χ4n) is 3.69. The molecule has 2 atom stereocenters. The van der Waals surface area contributed by atoms with Crippen molar-refractivity contribution in [2.75, 3.05) is 19.6 Å². The van der Waals surface area contributed by atoms with Gasteiger partial charge in [0.25, 0.3) is 0 Å². The van der Waals surface area contributed by atoms with Gasteiger partial charge in [-0.15, -0.1) is 0 Å². The molecule has 2 aromatic rings. The lowest BCUT2D eigenvalue weighted by Gasteiger charge is -2.12. The summed E-state index contributed by atoms with van der Waals surface area (Å²) in [6.45, 7) is 4.91. The van der Waals surface area contributed by atoms with Crippen molar-refractivity contribution >= 4 is 5.71 Å². The van der Waals surface area contributed by atoms with Crippen LogP contribution in [0.4, 0.5) is 0 Å². The Kier molecular flexibility index (Phi) is 3.55. The summed E-state index contributed by atoms with van der Waals surface area (Å²) >= 11 is 0. The number of benzene rings is 2. The number of nitrogens with one attached hydrogen (secondary N) is 1. The predicted octanol–water partition coefficient (Wildman–Crippen LogP) is 3.72. The first-order chi connectivity index (χ1) is 10.9. The van der Waals surface area contributed by atoms with Gasteiger partial charge in [0.05, 0.1) is 12.3 Å². The largest absolute Gasteiger partial charge is 0.315 e. The smallest absolute Gasteiger partial charge is 0.0725 e. The van der Waals surface area contributed by atoms with E-state index in [2.05, 4.69) is 60.8 Å². The monoisotopic (exact) mass is 290 g/mol. The van der Waals surface area contributed by atoms with Gasteiger partial charge in [-0.3, -0.25) is 4.99 Å². The van der Waals surface area contributed by atoms with E-state index in [1.807, 2.05) is 0 Å². The first-order valence-corrected chi connectivity index (χ1v) is 8.34. The molecule has 112 valence electrons. The highest BCUT2D eigenvalue weighted by Crippen LogP contribution is 2.58. The standard InChI is InChI=1S/C20H22N2/c1-2-21-11-12-22-20-16-9-5-3-7-14(16)18-13-19(18)15-8-4-6-10-17(15)20/h3-10,18-19,21H,2,11-13H2,1H3. The number of likely N-dealkylation sites (N-methyl/N-ethyl adjacent to an activating group) is 1. The molecule has 2 aliphatic carbocycles. The zero-order valence-electron chi connectivity index (χ0n) is 13.0. The van der Waals surface area contributed by atoms with Gasteiger partial charge in [0, 0.05) is 17.7 Å². The molecule has 0 radical (unpaired) electrons. The van der Waals surface area contributed by atoms with Gasteiger partial charge in [-0.1, -0.05) is 55.5 Å². The van der Waals surface area contributed by atoms with Crippen molar-refractivity contribution in [3.8, 4) is 0 Å². The molecule has 2 heteroatoms. The van der Waals surface area contributed by atoms with E-state index in [1.165, 1.54) is 34.4 Å². The Balaban J connectivity index is 1.81. The van der Waals surface area contributed by atoms with Crippen molar-refractivity contribution in [1.82, 2.24) is 5.32 Å². The molecular weight excluding hydrogens is 268 g/mol. The molecule has 4 rings (SSSR count). The Labute approximate surface area is 132 Å². The number of hydrogen-bond donors (Lipinski definition) is 1. The van der Waals surface area contributed by atoms with Crippen LogP contribution in [0.2, 0.25) is 0 Å². The van der Waals surface area contributed by atoms with Crippen LogP contribution in [0.1, 0.15) is 47.4 Å². The van der Waals surface area contributed by atoms with Gasteiger partial charge in [-0.2, -0.15) is 0 Å². The van der Waals surface area contributed by atoms with Crippen molar-refractivity contribution < 1.29 is 0 Å².